The molecule has 4 aromatic carbocycles. The van der Waals surface area contributed by atoms with Crippen LogP contribution in [0.3, 0.4) is 0 Å². The van der Waals surface area contributed by atoms with Gasteiger partial charge in [-0.1, -0.05) is 158 Å². The van der Waals surface area contributed by atoms with Crippen molar-refractivity contribution in [2.75, 3.05) is 11.5 Å². The molecule has 0 aromatic heterocycles. The van der Waals surface area contributed by atoms with Crippen molar-refractivity contribution in [2.24, 2.45) is 0 Å². The van der Waals surface area contributed by atoms with Crippen molar-refractivity contribution in [3.05, 3.63) is 129 Å². The van der Waals surface area contributed by atoms with Crippen LogP contribution in [0.15, 0.2) is 84.9 Å². The number of nitrogen functional groups attached to an aromatic ring is 2. The minimum atomic E-state index is 0.332. The molecule has 48 heavy (non-hydrogen) atoms. The van der Waals surface area contributed by atoms with Gasteiger partial charge in [-0.3, -0.25) is 0 Å². The lowest BCUT2D eigenvalue weighted by molar-refractivity contribution is 0.567. The minimum Gasteiger partial charge on any atom is -0.399 e. The van der Waals surface area contributed by atoms with Gasteiger partial charge in [-0.2, -0.15) is 0 Å². The van der Waals surface area contributed by atoms with Crippen LogP contribution < -0.4 is 11.5 Å². The Balaban J connectivity index is 1.49. The highest BCUT2D eigenvalue weighted by Crippen LogP contribution is 2.37. The third-order valence-corrected chi connectivity index (χ3v) is 10.7. The van der Waals surface area contributed by atoms with Crippen LogP contribution in [0.1, 0.15) is 173 Å². The lowest BCUT2D eigenvalue weighted by atomic mass is 9.82. The predicted molar refractivity (Wildman–Crippen MR) is 211 cm³/mol. The molecule has 0 bridgehead atoms. The summed E-state index contributed by atoms with van der Waals surface area (Å²) in [6.07, 6.45) is 18.2. The third kappa shape index (κ3) is 10.7. The van der Waals surface area contributed by atoms with Crippen LogP contribution >= 0.6 is 0 Å². The lowest BCUT2D eigenvalue weighted by Crippen LogP contribution is -2.06. The van der Waals surface area contributed by atoms with Gasteiger partial charge in [0.05, 0.1) is 0 Å². The van der Waals surface area contributed by atoms with Crippen LogP contribution in [0.25, 0.3) is 0 Å². The van der Waals surface area contributed by atoms with Gasteiger partial charge < -0.3 is 11.5 Å². The highest BCUT2D eigenvalue weighted by Gasteiger charge is 2.19. The van der Waals surface area contributed by atoms with Gasteiger partial charge in [0.15, 0.2) is 0 Å². The minimum absolute atomic E-state index is 0.332. The van der Waals surface area contributed by atoms with E-state index < -0.39 is 0 Å². The van der Waals surface area contributed by atoms with Crippen LogP contribution in [-0.2, 0) is 0 Å². The molecule has 0 saturated heterocycles. The average molecular weight is 645 g/mol. The molecular formula is C46H64N2. The second-order valence-electron chi connectivity index (χ2n) is 14.5. The lowest BCUT2D eigenvalue weighted by Gasteiger charge is -2.23. The first kappa shape index (κ1) is 37.3. The maximum atomic E-state index is 6.15. The van der Waals surface area contributed by atoms with E-state index >= 15 is 0 Å². The Morgan fingerprint density at radius 2 is 0.771 bits per heavy atom. The Kier molecular flexibility index (Phi) is 15.1. The van der Waals surface area contributed by atoms with E-state index in [1.807, 2.05) is 0 Å². The fraction of sp³-hybridized carbons (Fsp3) is 0.478. The van der Waals surface area contributed by atoms with Crippen molar-refractivity contribution in [2.45, 2.75) is 142 Å². The fourth-order valence-corrected chi connectivity index (χ4v) is 7.67. The number of aryl methyl sites for hydroxylation is 2. The monoisotopic (exact) mass is 645 g/mol. The topological polar surface area (TPSA) is 52.0 Å². The Bertz CT molecular complexity index is 1390. The van der Waals surface area contributed by atoms with Crippen molar-refractivity contribution in [3.63, 3.8) is 0 Å². The van der Waals surface area contributed by atoms with Gasteiger partial charge in [0.2, 0.25) is 0 Å². The summed E-state index contributed by atoms with van der Waals surface area (Å²) in [6, 6.07) is 32.0. The zero-order valence-corrected chi connectivity index (χ0v) is 30.9. The first-order valence-electron chi connectivity index (χ1n) is 19.2. The zero-order chi connectivity index (χ0) is 34.3. The maximum absolute atomic E-state index is 6.15. The first-order chi connectivity index (χ1) is 23.3. The fourth-order valence-electron chi connectivity index (χ4n) is 7.67. The number of hydrogen-bond acceptors (Lipinski definition) is 2. The molecule has 2 heteroatoms. The van der Waals surface area contributed by atoms with Crippen molar-refractivity contribution >= 4 is 11.4 Å². The van der Waals surface area contributed by atoms with E-state index in [-0.39, 0.29) is 0 Å². The molecule has 0 aliphatic heterocycles. The number of hydrogen-bond donors (Lipinski definition) is 2. The quantitative estimate of drug-likeness (QED) is 0.0743. The summed E-state index contributed by atoms with van der Waals surface area (Å²) in [4.78, 5) is 0. The van der Waals surface area contributed by atoms with Crippen molar-refractivity contribution < 1.29 is 0 Å². The average Bonchev–Trinajstić information content (AvgIpc) is 3.09. The van der Waals surface area contributed by atoms with Crippen LogP contribution in [0, 0.1) is 13.8 Å². The summed E-state index contributed by atoms with van der Waals surface area (Å²) >= 11 is 0. The Morgan fingerprint density at radius 1 is 0.438 bits per heavy atom. The molecule has 0 heterocycles. The van der Waals surface area contributed by atoms with Crippen molar-refractivity contribution in [3.8, 4) is 0 Å². The molecule has 0 aliphatic carbocycles. The summed E-state index contributed by atoms with van der Waals surface area (Å²) in [5.74, 6) is 1.14. The van der Waals surface area contributed by atoms with E-state index in [9.17, 15) is 0 Å². The van der Waals surface area contributed by atoms with Crippen LogP contribution in [-0.4, -0.2) is 0 Å². The molecule has 4 N–H and O–H groups in total. The number of unbranched alkanes of at least 4 members (excludes halogenated alkanes) is 10. The Morgan fingerprint density at radius 3 is 1.12 bits per heavy atom. The van der Waals surface area contributed by atoms with Gasteiger partial charge in [0.1, 0.15) is 0 Å². The SMILES string of the molecule is CCCCCCCCC(c1ccc(C(C)c2ccc(C(CCCCCCCC)c3ccc(N)cc3C)cc2)cc1)c1ccc(N)cc1C. The number of anilines is 2. The smallest absolute Gasteiger partial charge is 0.0316 e. The standard InChI is InChI=1S/C46H64N2/c1-6-8-10-12-14-16-18-45(43-30-28-41(47)32-34(43)3)39-24-20-37(21-25-39)36(5)38-22-26-40(27-23-38)46(19-17-15-13-11-9-7-2)44-31-29-42(48)33-35(44)4/h20-33,36,45-46H,6-19,47-48H2,1-5H3. The molecule has 2 atom stereocenters. The molecule has 0 aliphatic rings. The van der Waals surface area contributed by atoms with Crippen molar-refractivity contribution in [1.82, 2.24) is 0 Å². The molecule has 4 aromatic rings. The summed E-state index contributed by atoms with van der Waals surface area (Å²) in [5.41, 5.74) is 25.0. The zero-order valence-electron chi connectivity index (χ0n) is 30.9. The van der Waals surface area contributed by atoms with E-state index in [0.717, 1.165) is 11.4 Å². The van der Waals surface area contributed by atoms with E-state index in [1.165, 1.54) is 134 Å². The highest BCUT2D eigenvalue weighted by atomic mass is 14.5. The largest absolute Gasteiger partial charge is 0.399 e. The van der Waals surface area contributed by atoms with Crippen LogP contribution in [0.2, 0.25) is 0 Å². The Labute approximate surface area is 293 Å². The van der Waals surface area contributed by atoms with E-state index in [0.29, 0.717) is 17.8 Å². The predicted octanol–water partition coefficient (Wildman–Crippen LogP) is 13.4. The molecule has 4 rings (SSSR count). The molecule has 0 saturated carbocycles. The van der Waals surface area contributed by atoms with Gasteiger partial charge >= 0.3 is 0 Å². The van der Waals surface area contributed by atoms with E-state index in [2.05, 4.69) is 120 Å². The molecule has 2 nitrogen and oxygen atoms in total. The second kappa shape index (κ2) is 19.5. The van der Waals surface area contributed by atoms with Crippen molar-refractivity contribution in [1.29, 1.82) is 0 Å². The molecule has 0 amide bonds. The van der Waals surface area contributed by atoms with Crippen LogP contribution in [0.4, 0.5) is 11.4 Å². The summed E-state index contributed by atoms with van der Waals surface area (Å²) < 4.78 is 0. The molecule has 258 valence electrons. The molecular weight excluding hydrogens is 581 g/mol. The summed E-state index contributed by atoms with van der Waals surface area (Å²) in [5, 5.41) is 0. The van der Waals surface area contributed by atoms with Gasteiger partial charge in [0, 0.05) is 29.1 Å². The second-order valence-corrected chi connectivity index (χ2v) is 14.5. The normalized spacial score (nSPS) is 13.4. The van der Waals surface area contributed by atoms with Gasteiger partial charge in [-0.25, -0.2) is 0 Å². The summed E-state index contributed by atoms with van der Waals surface area (Å²) in [7, 11) is 0. The van der Waals surface area contributed by atoms with Gasteiger partial charge in [-0.05, 0) is 95.5 Å². The number of nitrogens with two attached hydrogens (primary N) is 2. The summed E-state index contributed by atoms with van der Waals surface area (Å²) in [6.45, 7) is 11.4. The molecule has 0 radical (unpaired) electrons. The van der Waals surface area contributed by atoms with E-state index in [1.54, 1.807) is 0 Å². The molecule has 2 unspecified atom stereocenters. The number of rotatable bonds is 20. The molecule has 0 fully saturated rings. The third-order valence-electron chi connectivity index (χ3n) is 10.7. The highest BCUT2D eigenvalue weighted by molar-refractivity contribution is 5.49. The molecule has 0 spiro atoms. The van der Waals surface area contributed by atoms with E-state index in [4.69, 9.17) is 11.5 Å². The number of benzene rings is 4. The van der Waals surface area contributed by atoms with Gasteiger partial charge in [0.25, 0.3) is 0 Å². The Hall–Kier alpha value is -3.52. The maximum Gasteiger partial charge on any atom is 0.0316 e. The van der Waals surface area contributed by atoms with Gasteiger partial charge in [-0.15, -0.1) is 0 Å². The first-order valence-corrected chi connectivity index (χ1v) is 19.2. The van der Waals surface area contributed by atoms with Crippen LogP contribution in [0.5, 0.6) is 0 Å².